The van der Waals surface area contributed by atoms with Gasteiger partial charge in [0, 0.05) is 0 Å². The second kappa shape index (κ2) is 5.11. The molecule has 0 aliphatic heterocycles. The lowest BCUT2D eigenvalue weighted by molar-refractivity contribution is 0.297. The molecule has 1 rings (SSSR count). The van der Waals surface area contributed by atoms with Crippen LogP contribution in [0.1, 0.15) is 18.1 Å². The van der Waals surface area contributed by atoms with E-state index in [-0.39, 0.29) is 6.61 Å². The first-order chi connectivity index (χ1) is 6.22. The molecule has 0 spiro atoms. The smallest absolute Gasteiger partial charge is 0.284 e. The Labute approximate surface area is 80.2 Å². The van der Waals surface area contributed by atoms with Crippen LogP contribution in [0.3, 0.4) is 0 Å². The zero-order valence-electron chi connectivity index (χ0n) is 7.40. The molecule has 0 aliphatic rings. The minimum absolute atomic E-state index is 0.174. The third-order valence-electron chi connectivity index (χ3n) is 1.76. The molecule has 0 amide bonds. The summed E-state index contributed by atoms with van der Waals surface area (Å²) >= 11 is -2.17. The fourth-order valence-corrected chi connectivity index (χ4v) is 1.23. The summed E-state index contributed by atoms with van der Waals surface area (Å²) in [7, 11) is 0. The average Bonchev–Trinajstić information content (AvgIpc) is 2.15. The lowest BCUT2D eigenvalue weighted by atomic mass is 10.1. The summed E-state index contributed by atoms with van der Waals surface area (Å²) in [6.45, 7) is 2.25. The monoisotopic (exact) mass is 200 g/mol. The van der Waals surface area contributed by atoms with Gasteiger partial charge >= 0.3 is 11.4 Å². The van der Waals surface area contributed by atoms with Crippen molar-refractivity contribution in [3.05, 3.63) is 35.4 Å². The van der Waals surface area contributed by atoms with E-state index in [9.17, 15) is 4.21 Å². The van der Waals surface area contributed by atoms with E-state index in [1.54, 1.807) is 0 Å². The summed E-state index contributed by atoms with van der Waals surface area (Å²) in [4.78, 5) is 0. The molecule has 0 saturated heterocycles. The van der Waals surface area contributed by atoms with E-state index in [4.69, 9.17) is 4.55 Å². The molecule has 0 heterocycles. The van der Waals surface area contributed by atoms with E-state index >= 15 is 0 Å². The van der Waals surface area contributed by atoms with E-state index in [0.717, 1.165) is 12.0 Å². The van der Waals surface area contributed by atoms with Crippen molar-refractivity contribution < 1.29 is 12.9 Å². The summed E-state index contributed by atoms with van der Waals surface area (Å²) in [5.41, 5.74) is 2.15. The van der Waals surface area contributed by atoms with Gasteiger partial charge in [0.25, 0.3) is 0 Å². The van der Waals surface area contributed by atoms with Gasteiger partial charge in [0.1, 0.15) is 0 Å². The van der Waals surface area contributed by atoms with Crippen LogP contribution in [0.15, 0.2) is 24.3 Å². The van der Waals surface area contributed by atoms with Crippen molar-refractivity contribution in [3.63, 3.8) is 0 Å². The molecular weight excluding hydrogens is 188 g/mol. The maximum Gasteiger partial charge on any atom is 0.302 e. The van der Waals surface area contributed by atoms with Crippen molar-refractivity contribution >= 4 is 11.4 Å². The molecule has 1 aromatic carbocycles. The summed E-state index contributed by atoms with van der Waals surface area (Å²) in [5.74, 6) is 0. The fourth-order valence-electron chi connectivity index (χ4n) is 0.990. The Kier molecular flexibility index (Phi) is 4.08. The van der Waals surface area contributed by atoms with Crippen LogP contribution in [0.2, 0.25) is 0 Å². The Balaban J connectivity index is 2.54. The highest BCUT2D eigenvalue weighted by Gasteiger charge is 1.96. The summed E-state index contributed by atoms with van der Waals surface area (Å²) in [6, 6.07) is 7.76. The van der Waals surface area contributed by atoms with Gasteiger partial charge in [-0.1, -0.05) is 31.2 Å². The summed E-state index contributed by atoms with van der Waals surface area (Å²) < 4.78 is 23.1. The molecule has 1 atom stereocenters. The fraction of sp³-hybridized carbons (Fsp3) is 0.333. The quantitative estimate of drug-likeness (QED) is 0.755. The highest BCUT2D eigenvalue weighted by molar-refractivity contribution is 7.74. The maximum absolute atomic E-state index is 10.2. The summed E-state index contributed by atoms with van der Waals surface area (Å²) in [6.07, 6.45) is 0.993. The first kappa shape index (κ1) is 10.4. The van der Waals surface area contributed by atoms with Crippen LogP contribution in [-0.4, -0.2) is 8.76 Å². The highest BCUT2D eigenvalue weighted by atomic mass is 32.2. The number of hydrogen-bond donors (Lipinski definition) is 1. The molecule has 0 bridgehead atoms. The van der Waals surface area contributed by atoms with Crippen molar-refractivity contribution in [3.8, 4) is 0 Å². The molecule has 72 valence electrons. The Hall–Kier alpha value is -0.710. The van der Waals surface area contributed by atoms with Crippen molar-refractivity contribution in [2.75, 3.05) is 0 Å². The number of rotatable bonds is 4. The molecule has 1 unspecified atom stereocenters. The Morgan fingerprint density at radius 2 is 1.85 bits per heavy atom. The van der Waals surface area contributed by atoms with Crippen molar-refractivity contribution in [1.29, 1.82) is 0 Å². The van der Waals surface area contributed by atoms with Gasteiger partial charge in [-0.2, -0.15) is 4.21 Å². The molecule has 0 aliphatic carbocycles. The molecular formula is C9H12O3S. The predicted molar refractivity (Wildman–Crippen MR) is 51.4 cm³/mol. The Bertz CT molecular complexity index is 281. The molecule has 4 heteroatoms. The first-order valence-electron chi connectivity index (χ1n) is 4.04. The molecule has 0 saturated carbocycles. The van der Waals surface area contributed by atoms with Crippen LogP contribution < -0.4 is 0 Å². The van der Waals surface area contributed by atoms with Crippen molar-refractivity contribution in [1.82, 2.24) is 0 Å². The van der Waals surface area contributed by atoms with Gasteiger partial charge in [-0.15, -0.1) is 0 Å². The number of hydrogen-bond acceptors (Lipinski definition) is 2. The van der Waals surface area contributed by atoms with Crippen molar-refractivity contribution in [2.45, 2.75) is 20.0 Å². The van der Waals surface area contributed by atoms with Gasteiger partial charge in [-0.25, -0.2) is 0 Å². The Morgan fingerprint density at radius 3 is 2.31 bits per heavy atom. The zero-order chi connectivity index (χ0) is 9.68. The topological polar surface area (TPSA) is 46.5 Å². The van der Waals surface area contributed by atoms with Gasteiger partial charge in [0.05, 0.1) is 6.61 Å². The van der Waals surface area contributed by atoms with Crippen LogP contribution >= 0.6 is 0 Å². The van der Waals surface area contributed by atoms with Crippen LogP contribution in [0.5, 0.6) is 0 Å². The van der Waals surface area contributed by atoms with Crippen molar-refractivity contribution in [2.24, 2.45) is 0 Å². The maximum atomic E-state index is 10.2. The van der Waals surface area contributed by atoms with Gasteiger partial charge in [0.15, 0.2) is 0 Å². The Morgan fingerprint density at radius 1 is 1.31 bits per heavy atom. The average molecular weight is 200 g/mol. The number of aryl methyl sites for hydroxylation is 1. The van der Waals surface area contributed by atoms with Gasteiger partial charge in [-0.3, -0.25) is 8.74 Å². The van der Waals surface area contributed by atoms with Gasteiger partial charge < -0.3 is 0 Å². The normalized spacial score (nSPS) is 12.8. The lowest BCUT2D eigenvalue weighted by Gasteiger charge is -2.00. The molecule has 0 aromatic heterocycles. The highest BCUT2D eigenvalue weighted by Crippen LogP contribution is 2.06. The van der Waals surface area contributed by atoms with Crippen LogP contribution in [0.4, 0.5) is 0 Å². The third-order valence-corrected chi connectivity index (χ3v) is 2.08. The molecule has 0 fully saturated rings. The third kappa shape index (κ3) is 3.67. The molecule has 1 N–H and O–H groups in total. The standard InChI is InChI=1S/C9H12O3S/c1-2-8-3-5-9(6-4-8)7-12-13(10)11/h3-6H,2,7H2,1H3,(H,10,11). The minimum atomic E-state index is -2.17. The second-order valence-electron chi connectivity index (χ2n) is 2.65. The lowest BCUT2D eigenvalue weighted by Crippen LogP contribution is -1.95. The molecule has 1 aromatic rings. The first-order valence-corrected chi connectivity index (χ1v) is 5.07. The molecule has 13 heavy (non-hydrogen) atoms. The number of benzene rings is 1. The van der Waals surface area contributed by atoms with Crippen LogP contribution in [-0.2, 0) is 28.6 Å². The van der Waals surface area contributed by atoms with E-state index in [1.807, 2.05) is 24.3 Å². The molecule has 3 nitrogen and oxygen atoms in total. The zero-order valence-corrected chi connectivity index (χ0v) is 8.21. The molecule has 0 radical (unpaired) electrons. The van der Waals surface area contributed by atoms with Gasteiger partial charge in [-0.05, 0) is 17.5 Å². The van der Waals surface area contributed by atoms with E-state index in [1.165, 1.54) is 5.56 Å². The van der Waals surface area contributed by atoms with Crippen LogP contribution in [0.25, 0.3) is 0 Å². The predicted octanol–water partition coefficient (Wildman–Crippen LogP) is 1.90. The SMILES string of the molecule is CCc1ccc(COS(=O)O)cc1. The summed E-state index contributed by atoms with van der Waals surface area (Å²) in [5, 5.41) is 0. The van der Waals surface area contributed by atoms with Gasteiger partial charge in [0.2, 0.25) is 0 Å². The van der Waals surface area contributed by atoms with Crippen LogP contribution in [0, 0.1) is 0 Å². The largest absolute Gasteiger partial charge is 0.302 e. The van der Waals surface area contributed by atoms with E-state index in [0.29, 0.717) is 0 Å². The minimum Gasteiger partial charge on any atom is -0.284 e. The second-order valence-corrected chi connectivity index (χ2v) is 3.32. The van der Waals surface area contributed by atoms with E-state index in [2.05, 4.69) is 11.1 Å². The van der Waals surface area contributed by atoms with E-state index < -0.39 is 11.4 Å².